The van der Waals surface area contributed by atoms with Gasteiger partial charge >= 0.3 is 0 Å². The van der Waals surface area contributed by atoms with E-state index in [-0.39, 0.29) is 5.75 Å². The van der Waals surface area contributed by atoms with Gasteiger partial charge in [0, 0.05) is 30.6 Å². The lowest BCUT2D eigenvalue weighted by atomic mass is 10.1. The van der Waals surface area contributed by atoms with Gasteiger partial charge in [0.15, 0.2) is 0 Å². The maximum absolute atomic E-state index is 12.1. The average molecular weight is 395 g/mol. The third-order valence-electron chi connectivity index (χ3n) is 5.31. The third-order valence-corrected chi connectivity index (χ3v) is 7.18. The molecule has 2 aromatic rings. The first-order chi connectivity index (χ1) is 13.5. The highest BCUT2D eigenvalue weighted by molar-refractivity contribution is 7.93. The number of ether oxygens (including phenoxy) is 1. The van der Waals surface area contributed by atoms with Crippen LogP contribution < -0.4 is 14.9 Å². The van der Waals surface area contributed by atoms with Crippen LogP contribution in [0.1, 0.15) is 18.4 Å². The molecule has 0 saturated carbocycles. The first kappa shape index (κ1) is 18.4. The summed E-state index contributed by atoms with van der Waals surface area (Å²) < 4.78 is 33.1. The van der Waals surface area contributed by atoms with Gasteiger partial charge in [-0.3, -0.25) is 4.31 Å². The van der Waals surface area contributed by atoms with Crippen LogP contribution in [0.4, 0.5) is 5.69 Å². The molecule has 0 atom stereocenters. The van der Waals surface area contributed by atoms with Crippen molar-refractivity contribution in [3.8, 4) is 17.3 Å². The SMILES string of the molecule is COC1=CC=c2c(C#N)c(-c3ccc(N4CCCS4(=O)=O)cc3)n(C)c2=CC1. The highest BCUT2D eigenvalue weighted by atomic mass is 32.2. The van der Waals surface area contributed by atoms with Crippen LogP contribution in [0.3, 0.4) is 0 Å². The first-order valence-electron chi connectivity index (χ1n) is 9.11. The van der Waals surface area contributed by atoms with Crippen molar-refractivity contribution in [1.29, 1.82) is 5.26 Å². The zero-order valence-corrected chi connectivity index (χ0v) is 16.7. The number of methoxy groups -OCH3 is 1. The molecule has 144 valence electrons. The van der Waals surface area contributed by atoms with Crippen LogP contribution in [-0.4, -0.2) is 32.4 Å². The third kappa shape index (κ3) is 2.90. The van der Waals surface area contributed by atoms with Gasteiger partial charge in [-0.2, -0.15) is 5.26 Å². The molecule has 2 aliphatic rings. The van der Waals surface area contributed by atoms with Crippen LogP contribution >= 0.6 is 0 Å². The molecule has 1 aromatic heterocycles. The van der Waals surface area contributed by atoms with Crippen molar-refractivity contribution >= 4 is 27.9 Å². The number of hydrogen-bond donors (Lipinski definition) is 0. The lowest BCUT2D eigenvalue weighted by Crippen LogP contribution is -2.28. The van der Waals surface area contributed by atoms with Crippen molar-refractivity contribution in [2.45, 2.75) is 12.8 Å². The Morgan fingerprint density at radius 2 is 1.93 bits per heavy atom. The van der Waals surface area contributed by atoms with E-state index in [0.717, 1.165) is 27.6 Å². The second-order valence-electron chi connectivity index (χ2n) is 6.89. The molecule has 0 spiro atoms. The monoisotopic (exact) mass is 395 g/mol. The van der Waals surface area contributed by atoms with E-state index in [1.807, 2.05) is 48.0 Å². The number of aromatic nitrogens is 1. The predicted molar refractivity (Wildman–Crippen MR) is 109 cm³/mol. The van der Waals surface area contributed by atoms with Crippen molar-refractivity contribution in [2.75, 3.05) is 23.7 Å². The Morgan fingerprint density at radius 3 is 2.54 bits per heavy atom. The molecule has 1 aliphatic heterocycles. The minimum atomic E-state index is -3.21. The van der Waals surface area contributed by atoms with Crippen LogP contribution in [0.5, 0.6) is 0 Å². The Balaban J connectivity index is 1.83. The van der Waals surface area contributed by atoms with Gasteiger partial charge in [0.1, 0.15) is 6.07 Å². The van der Waals surface area contributed by atoms with Crippen molar-refractivity contribution < 1.29 is 13.2 Å². The Hall–Kier alpha value is -2.98. The first-order valence-corrected chi connectivity index (χ1v) is 10.7. The van der Waals surface area contributed by atoms with Crippen LogP contribution in [0, 0.1) is 11.3 Å². The molecule has 2 heterocycles. The van der Waals surface area contributed by atoms with Crippen LogP contribution in [-0.2, 0) is 21.8 Å². The second kappa shape index (κ2) is 6.88. The Morgan fingerprint density at radius 1 is 1.18 bits per heavy atom. The fourth-order valence-electron chi connectivity index (χ4n) is 3.90. The number of rotatable bonds is 3. The van der Waals surface area contributed by atoms with E-state index in [9.17, 15) is 13.7 Å². The minimum absolute atomic E-state index is 0.195. The molecule has 1 saturated heterocycles. The molecule has 1 aliphatic carbocycles. The molecule has 7 heteroatoms. The van der Waals surface area contributed by atoms with Gasteiger partial charge in [-0.15, -0.1) is 0 Å². The van der Waals surface area contributed by atoms with E-state index < -0.39 is 10.0 Å². The largest absolute Gasteiger partial charge is 0.501 e. The normalized spacial score (nSPS) is 17.6. The molecule has 4 rings (SSSR count). The average Bonchev–Trinajstić information content (AvgIpc) is 3.08. The lowest BCUT2D eigenvalue weighted by Gasteiger charge is -2.17. The van der Waals surface area contributed by atoms with Gasteiger partial charge in [-0.1, -0.05) is 18.2 Å². The van der Waals surface area contributed by atoms with Gasteiger partial charge in [0.25, 0.3) is 0 Å². The standard InChI is InChI=1S/C21H21N3O3S/c1-23-20-11-9-17(27-2)8-10-18(20)19(14-22)21(23)15-4-6-16(7-5-15)24-12-3-13-28(24,25)26/h4-8,10-11H,3,9,12-13H2,1-2H3. The Bertz CT molecular complexity index is 1230. The number of hydrogen-bond acceptors (Lipinski definition) is 4. The molecule has 1 aromatic carbocycles. The highest BCUT2D eigenvalue weighted by Gasteiger charge is 2.28. The Labute approximate surface area is 164 Å². The fourth-order valence-corrected chi connectivity index (χ4v) is 5.46. The summed E-state index contributed by atoms with van der Waals surface area (Å²) in [4.78, 5) is 0. The summed E-state index contributed by atoms with van der Waals surface area (Å²) in [6, 6.07) is 9.73. The second-order valence-corrected chi connectivity index (χ2v) is 8.91. The summed E-state index contributed by atoms with van der Waals surface area (Å²) in [5.74, 6) is 1.04. The highest BCUT2D eigenvalue weighted by Crippen LogP contribution is 2.28. The van der Waals surface area contributed by atoms with Crippen LogP contribution in [0.15, 0.2) is 36.1 Å². The van der Waals surface area contributed by atoms with E-state index in [4.69, 9.17) is 4.74 Å². The Kier molecular flexibility index (Phi) is 4.52. The molecule has 1 fully saturated rings. The molecule has 0 unspecified atom stereocenters. The molecule has 28 heavy (non-hydrogen) atoms. The van der Waals surface area contributed by atoms with Crippen molar-refractivity contribution in [1.82, 2.24) is 4.57 Å². The summed E-state index contributed by atoms with van der Waals surface area (Å²) in [5, 5.41) is 11.7. The van der Waals surface area contributed by atoms with Crippen LogP contribution in [0.2, 0.25) is 0 Å². The van der Waals surface area contributed by atoms with Crippen molar-refractivity contribution in [3.05, 3.63) is 52.2 Å². The van der Waals surface area contributed by atoms with E-state index in [0.29, 0.717) is 30.6 Å². The van der Waals surface area contributed by atoms with Crippen LogP contribution in [0.25, 0.3) is 23.4 Å². The molecule has 0 radical (unpaired) electrons. The lowest BCUT2D eigenvalue weighted by molar-refractivity contribution is 0.287. The fraction of sp³-hybridized carbons (Fsp3) is 0.286. The predicted octanol–water partition coefficient (Wildman–Crippen LogP) is 1.60. The van der Waals surface area contributed by atoms with E-state index >= 15 is 0 Å². The summed E-state index contributed by atoms with van der Waals surface area (Å²) in [6.45, 7) is 0.516. The van der Waals surface area contributed by atoms with Gasteiger partial charge in [0.2, 0.25) is 10.0 Å². The molecular formula is C21H21N3O3S. The van der Waals surface area contributed by atoms with Crippen molar-refractivity contribution in [3.63, 3.8) is 0 Å². The smallest absolute Gasteiger partial charge is 0.235 e. The van der Waals surface area contributed by atoms with Crippen molar-refractivity contribution in [2.24, 2.45) is 7.05 Å². The summed E-state index contributed by atoms with van der Waals surface area (Å²) in [5.41, 5.74) is 2.97. The number of sulfonamides is 1. The summed E-state index contributed by atoms with van der Waals surface area (Å²) >= 11 is 0. The molecule has 6 nitrogen and oxygen atoms in total. The number of benzene rings is 1. The van der Waals surface area contributed by atoms with E-state index in [2.05, 4.69) is 12.1 Å². The molecular weight excluding hydrogens is 374 g/mol. The van der Waals surface area contributed by atoms with E-state index in [1.165, 1.54) is 4.31 Å². The number of nitriles is 1. The summed E-state index contributed by atoms with van der Waals surface area (Å²) in [6.07, 6.45) is 7.19. The maximum atomic E-state index is 12.1. The number of allylic oxidation sites excluding steroid dienone is 2. The van der Waals surface area contributed by atoms with E-state index in [1.54, 1.807) is 7.11 Å². The minimum Gasteiger partial charge on any atom is -0.501 e. The van der Waals surface area contributed by atoms with Gasteiger partial charge in [-0.25, -0.2) is 8.42 Å². The number of nitrogens with zero attached hydrogens (tertiary/aromatic N) is 3. The van der Waals surface area contributed by atoms with Gasteiger partial charge in [-0.05, 0) is 36.3 Å². The zero-order chi connectivity index (χ0) is 19.9. The summed E-state index contributed by atoms with van der Waals surface area (Å²) in [7, 11) is 0.376. The number of fused-ring (bicyclic) bond motifs is 1. The topological polar surface area (TPSA) is 75.3 Å². The van der Waals surface area contributed by atoms with Gasteiger partial charge in [0.05, 0.1) is 35.6 Å². The maximum Gasteiger partial charge on any atom is 0.235 e. The zero-order valence-electron chi connectivity index (χ0n) is 15.8. The molecule has 0 bridgehead atoms. The van der Waals surface area contributed by atoms with Gasteiger partial charge < -0.3 is 9.30 Å². The quantitative estimate of drug-likeness (QED) is 0.791. The molecule has 0 N–H and O–H groups in total. The number of anilines is 1. The molecule has 0 amide bonds.